The van der Waals surface area contributed by atoms with Crippen LogP contribution in [0.3, 0.4) is 0 Å². The Kier molecular flexibility index (Phi) is 4.66. The van der Waals surface area contributed by atoms with Crippen LogP contribution in [0.25, 0.3) is 0 Å². The standard InChI is InChI=1S/C9H18O4/c1-7(2)13-6-8(10-3)9-11-4-5-12-9/h7-9H,4-6H2,1-3H3. The maximum atomic E-state index is 5.42. The Morgan fingerprint density at radius 2 is 1.92 bits per heavy atom. The van der Waals surface area contributed by atoms with E-state index >= 15 is 0 Å². The second-order valence-corrected chi connectivity index (χ2v) is 3.27. The largest absolute Gasteiger partial charge is 0.376 e. The molecule has 13 heavy (non-hydrogen) atoms. The maximum absolute atomic E-state index is 5.42. The molecule has 1 aliphatic heterocycles. The summed E-state index contributed by atoms with van der Waals surface area (Å²) in [4.78, 5) is 0. The maximum Gasteiger partial charge on any atom is 0.186 e. The molecule has 0 radical (unpaired) electrons. The van der Waals surface area contributed by atoms with Crippen molar-refractivity contribution >= 4 is 0 Å². The highest BCUT2D eigenvalue weighted by molar-refractivity contribution is 4.65. The van der Waals surface area contributed by atoms with Crippen molar-refractivity contribution in [2.45, 2.75) is 32.3 Å². The fraction of sp³-hybridized carbons (Fsp3) is 1.00. The molecule has 0 aromatic carbocycles. The normalized spacial score (nSPS) is 21.2. The summed E-state index contributed by atoms with van der Waals surface area (Å²) in [5, 5.41) is 0. The van der Waals surface area contributed by atoms with Crippen LogP contribution < -0.4 is 0 Å². The van der Waals surface area contributed by atoms with Crippen molar-refractivity contribution in [3.8, 4) is 0 Å². The Labute approximate surface area is 79.1 Å². The summed E-state index contributed by atoms with van der Waals surface area (Å²) >= 11 is 0. The van der Waals surface area contributed by atoms with Crippen LogP contribution in [0, 0.1) is 0 Å². The summed E-state index contributed by atoms with van der Waals surface area (Å²) in [5.41, 5.74) is 0. The van der Waals surface area contributed by atoms with E-state index in [1.54, 1.807) is 7.11 Å². The molecule has 0 amide bonds. The predicted octanol–water partition coefficient (Wildman–Crippen LogP) is 0.799. The lowest BCUT2D eigenvalue weighted by molar-refractivity contribution is -0.157. The van der Waals surface area contributed by atoms with Gasteiger partial charge < -0.3 is 18.9 Å². The van der Waals surface area contributed by atoms with Crippen LogP contribution in [-0.2, 0) is 18.9 Å². The summed E-state index contributed by atoms with van der Waals surface area (Å²) in [6, 6.07) is 0. The zero-order valence-electron chi connectivity index (χ0n) is 8.49. The summed E-state index contributed by atoms with van der Waals surface area (Å²) < 4.78 is 21.3. The summed E-state index contributed by atoms with van der Waals surface area (Å²) in [6.45, 7) is 5.78. The Balaban J connectivity index is 2.24. The molecule has 78 valence electrons. The van der Waals surface area contributed by atoms with Gasteiger partial charge >= 0.3 is 0 Å². The Hall–Kier alpha value is -0.160. The molecule has 4 heteroatoms. The van der Waals surface area contributed by atoms with Crippen molar-refractivity contribution < 1.29 is 18.9 Å². The van der Waals surface area contributed by atoms with Crippen molar-refractivity contribution in [3.05, 3.63) is 0 Å². The van der Waals surface area contributed by atoms with E-state index in [1.165, 1.54) is 0 Å². The second-order valence-electron chi connectivity index (χ2n) is 3.27. The minimum absolute atomic E-state index is 0.120. The van der Waals surface area contributed by atoms with Gasteiger partial charge in [-0.2, -0.15) is 0 Å². The van der Waals surface area contributed by atoms with Gasteiger partial charge in [0, 0.05) is 7.11 Å². The molecule has 0 aliphatic carbocycles. The molecule has 1 heterocycles. The summed E-state index contributed by atoms with van der Waals surface area (Å²) in [7, 11) is 1.64. The van der Waals surface area contributed by atoms with E-state index < -0.39 is 0 Å². The number of methoxy groups -OCH3 is 1. The summed E-state index contributed by atoms with van der Waals surface area (Å²) in [6.07, 6.45) is -0.173. The molecule has 1 aliphatic rings. The lowest BCUT2D eigenvalue weighted by Gasteiger charge is -2.21. The van der Waals surface area contributed by atoms with Crippen LogP contribution in [0.1, 0.15) is 13.8 Å². The molecule has 1 unspecified atom stereocenters. The fourth-order valence-electron chi connectivity index (χ4n) is 1.14. The highest BCUT2D eigenvalue weighted by Gasteiger charge is 2.27. The van der Waals surface area contributed by atoms with Crippen molar-refractivity contribution in [3.63, 3.8) is 0 Å². The van der Waals surface area contributed by atoms with Crippen LogP contribution in [0.5, 0.6) is 0 Å². The van der Waals surface area contributed by atoms with Crippen LogP contribution in [0.2, 0.25) is 0 Å². The predicted molar refractivity (Wildman–Crippen MR) is 47.6 cm³/mol. The Morgan fingerprint density at radius 1 is 1.31 bits per heavy atom. The van der Waals surface area contributed by atoms with Gasteiger partial charge in [0.05, 0.1) is 25.9 Å². The van der Waals surface area contributed by atoms with E-state index in [4.69, 9.17) is 18.9 Å². The van der Waals surface area contributed by atoms with Gasteiger partial charge in [-0.25, -0.2) is 0 Å². The average Bonchev–Trinajstić information content (AvgIpc) is 2.58. The van der Waals surface area contributed by atoms with E-state index in [1.807, 2.05) is 13.8 Å². The molecule has 1 rings (SSSR count). The Morgan fingerprint density at radius 3 is 2.38 bits per heavy atom. The van der Waals surface area contributed by atoms with E-state index in [0.717, 1.165) is 0 Å². The molecule has 1 atom stereocenters. The van der Waals surface area contributed by atoms with Gasteiger partial charge in [0.1, 0.15) is 6.10 Å². The minimum atomic E-state index is -0.260. The van der Waals surface area contributed by atoms with Crippen LogP contribution in [0.15, 0.2) is 0 Å². The lowest BCUT2D eigenvalue weighted by atomic mass is 10.3. The van der Waals surface area contributed by atoms with Crippen LogP contribution in [-0.4, -0.2) is 45.4 Å². The molecule has 1 fully saturated rings. The van der Waals surface area contributed by atoms with Gasteiger partial charge in [0.25, 0.3) is 0 Å². The third kappa shape index (κ3) is 3.60. The second kappa shape index (κ2) is 5.54. The first kappa shape index (κ1) is 10.9. The summed E-state index contributed by atoms with van der Waals surface area (Å²) in [5.74, 6) is 0. The van der Waals surface area contributed by atoms with Gasteiger partial charge in [0.2, 0.25) is 0 Å². The van der Waals surface area contributed by atoms with Crippen LogP contribution >= 0.6 is 0 Å². The molecule has 0 saturated carbocycles. The van der Waals surface area contributed by atoms with Gasteiger partial charge in [-0.3, -0.25) is 0 Å². The van der Waals surface area contributed by atoms with Gasteiger partial charge in [-0.05, 0) is 13.8 Å². The number of hydrogen-bond acceptors (Lipinski definition) is 4. The smallest absolute Gasteiger partial charge is 0.186 e. The van der Waals surface area contributed by atoms with E-state index in [-0.39, 0.29) is 18.5 Å². The van der Waals surface area contributed by atoms with E-state index in [9.17, 15) is 0 Å². The minimum Gasteiger partial charge on any atom is -0.376 e. The SMILES string of the molecule is COC(COC(C)C)C1OCCO1. The fourth-order valence-corrected chi connectivity index (χ4v) is 1.14. The van der Waals surface area contributed by atoms with Gasteiger partial charge in [-0.15, -0.1) is 0 Å². The van der Waals surface area contributed by atoms with Crippen molar-refractivity contribution in [1.29, 1.82) is 0 Å². The molecule has 4 nitrogen and oxygen atoms in total. The number of rotatable bonds is 5. The molecule has 0 aromatic heterocycles. The van der Waals surface area contributed by atoms with E-state index in [2.05, 4.69) is 0 Å². The quantitative estimate of drug-likeness (QED) is 0.642. The third-order valence-electron chi connectivity index (χ3n) is 1.85. The number of ether oxygens (including phenoxy) is 4. The molecule has 0 spiro atoms. The Bertz CT molecular complexity index is 132. The molecule has 1 saturated heterocycles. The zero-order chi connectivity index (χ0) is 9.68. The monoisotopic (exact) mass is 190 g/mol. The van der Waals surface area contributed by atoms with Gasteiger partial charge in [0.15, 0.2) is 6.29 Å². The highest BCUT2D eigenvalue weighted by Crippen LogP contribution is 2.11. The van der Waals surface area contributed by atoms with Crippen LogP contribution in [0.4, 0.5) is 0 Å². The van der Waals surface area contributed by atoms with Crippen molar-refractivity contribution in [2.75, 3.05) is 26.9 Å². The van der Waals surface area contributed by atoms with E-state index in [0.29, 0.717) is 19.8 Å². The number of hydrogen-bond donors (Lipinski definition) is 0. The van der Waals surface area contributed by atoms with Gasteiger partial charge in [-0.1, -0.05) is 0 Å². The van der Waals surface area contributed by atoms with Crippen molar-refractivity contribution in [2.24, 2.45) is 0 Å². The topological polar surface area (TPSA) is 36.9 Å². The third-order valence-corrected chi connectivity index (χ3v) is 1.85. The average molecular weight is 190 g/mol. The molecule has 0 aromatic rings. The lowest BCUT2D eigenvalue weighted by Crippen LogP contribution is -2.34. The van der Waals surface area contributed by atoms with Crippen molar-refractivity contribution in [1.82, 2.24) is 0 Å². The molecule has 0 bridgehead atoms. The molecular formula is C9H18O4. The zero-order valence-corrected chi connectivity index (χ0v) is 8.49. The first-order valence-corrected chi connectivity index (χ1v) is 4.61. The highest BCUT2D eigenvalue weighted by atomic mass is 16.7. The first-order valence-electron chi connectivity index (χ1n) is 4.61. The molecule has 0 N–H and O–H groups in total. The first-order chi connectivity index (χ1) is 6.24. The molecular weight excluding hydrogens is 172 g/mol.